The van der Waals surface area contributed by atoms with Gasteiger partial charge in [-0.1, -0.05) is 0 Å². The van der Waals surface area contributed by atoms with Crippen molar-refractivity contribution < 1.29 is 14.2 Å². The molecule has 0 unspecified atom stereocenters. The van der Waals surface area contributed by atoms with E-state index in [0.29, 0.717) is 11.8 Å². The largest absolute Gasteiger partial charge is 0.496 e. The zero-order chi connectivity index (χ0) is 13.3. The van der Waals surface area contributed by atoms with Gasteiger partial charge in [-0.3, -0.25) is 0 Å². The van der Waals surface area contributed by atoms with Gasteiger partial charge in [0.25, 0.3) is 0 Å². The van der Waals surface area contributed by atoms with Gasteiger partial charge in [0.15, 0.2) is 0 Å². The van der Waals surface area contributed by atoms with Crippen molar-refractivity contribution in [3.8, 4) is 17.2 Å². The normalized spacial score (nSPS) is 23.4. The summed E-state index contributed by atoms with van der Waals surface area (Å²) in [6.07, 6.45) is 1.09. The van der Waals surface area contributed by atoms with Crippen molar-refractivity contribution in [2.24, 2.45) is 11.7 Å². The Labute approximate surface area is 108 Å². The summed E-state index contributed by atoms with van der Waals surface area (Å²) in [4.78, 5) is 0. The van der Waals surface area contributed by atoms with Crippen molar-refractivity contribution in [1.82, 2.24) is 0 Å². The van der Waals surface area contributed by atoms with Crippen LogP contribution >= 0.6 is 0 Å². The topological polar surface area (TPSA) is 53.7 Å². The summed E-state index contributed by atoms with van der Waals surface area (Å²) in [7, 11) is 4.97. The van der Waals surface area contributed by atoms with Crippen molar-refractivity contribution in [1.29, 1.82) is 0 Å². The van der Waals surface area contributed by atoms with E-state index in [1.54, 1.807) is 21.3 Å². The molecule has 0 heterocycles. The number of nitrogens with two attached hydrogens (primary N) is 1. The Morgan fingerprint density at radius 3 is 2.00 bits per heavy atom. The Morgan fingerprint density at radius 1 is 1.11 bits per heavy atom. The van der Waals surface area contributed by atoms with Gasteiger partial charge in [0.05, 0.1) is 21.3 Å². The minimum absolute atomic E-state index is 0.200. The molecule has 3 atom stereocenters. The van der Waals surface area contributed by atoms with Crippen molar-refractivity contribution >= 4 is 0 Å². The van der Waals surface area contributed by atoms with Crippen LogP contribution < -0.4 is 19.9 Å². The first-order valence-corrected chi connectivity index (χ1v) is 6.17. The molecule has 0 aliphatic heterocycles. The second-order valence-corrected chi connectivity index (χ2v) is 4.81. The standard InChI is InChI=1S/C14H21NO3/c1-8(15)10-7-11(10)14-12(17-3)5-9(16-2)6-13(14)18-4/h5-6,8,10-11H,7,15H2,1-4H3/t8-,10-,11+/m0/s1. The first-order chi connectivity index (χ1) is 8.62. The van der Waals surface area contributed by atoms with E-state index in [4.69, 9.17) is 19.9 Å². The van der Waals surface area contributed by atoms with Crippen LogP contribution in [0.1, 0.15) is 24.8 Å². The molecule has 0 amide bonds. The maximum Gasteiger partial charge on any atom is 0.129 e. The van der Waals surface area contributed by atoms with E-state index in [0.717, 1.165) is 29.2 Å². The van der Waals surface area contributed by atoms with Gasteiger partial charge >= 0.3 is 0 Å². The molecule has 0 bridgehead atoms. The van der Waals surface area contributed by atoms with E-state index in [2.05, 4.69) is 0 Å². The van der Waals surface area contributed by atoms with Crippen LogP contribution in [0, 0.1) is 5.92 Å². The van der Waals surface area contributed by atoms with E-state index < -0.39 is 0 Å². The first kappa shape index (κ1) is 13.0. The van der Waals surface area contributed by atoms with Gasteiger partial charge < -0.3 is 19.9 Å². The molecule has 1 aliphatic carbocycles. The number of benzene rings is 1. The van der Waals surface area contributed by atoms with E-state index >= 15 is 0 Å². The highest BCUT2D eigenvalue weighted by molar-refractivity contribution is 5.54. The molecule has 0 spiro atoms. The van der Waals surface area contributed by atoms with Crippen molar-refractivity contribution in [3.63, 3.8) is 0 Å². The zero-order valence-electron chi connectivity index (χ0n) is 11.4. The molecule has 1 aromatic carbocycles. The summed E-state index contributed by atoms with van der Waals surface area (Å²) in [5.41, 5.74) is 7.07. The summed E-state index contributed by atoms with van der Waals surface area (Å²) in [6, 6.07) is 3.99. The molecular formula is C14H21NO3. The average Bonchev–Trinajstić information content (AvgIpc) is 3.17. The molecule has 0 saturated heterocycles. The van der Waals surface area contributed by atoms with E-state index in [9.17, 15) is 0 Å². The Morgan fingerprint density at radius 2 is 1.67 bits per heavy atom. The summed E-state index contributed by atoms with van der Waals surface area (Å²) < 4.78 is 16.2. The highest BCUT2D eigenvalue weighted by Crippen LogP contribution is 2.55. The Kier molecular flexibility index (Phi) is 3.66. The molecule has 1 fully saturated rings. The van der Waals surface area contributed by atoms with Gasteiger partial charge in [-0.2, -0.15) is 0 Å². The molecular weight excluding hydrogens is 230 g/mol. The molecule has 0 aromatic heterocycles. The van der Waals surface area contributed by atoms with Gasteiger partial charge in [-0.05, 0) is 25.2 Å². The highest BCUT2D eigenvalue weighted by atomic mass is 16.5. The quantitative estimate of drug-likeness (QED) is 0.871. The molecule has 4 nitrogen and oxygen atoms in total. The third kappa shape index (κ3) is 2.25. The molecule has 2 N–H and O–H groups in total. The fourth-order valence-electron chi connectivity index (χ4n) is 2.53. The molecule has 1 aliphatic rings. The van der Waals surface area contributed by atoms with Crippen molar-refractivity contribution in [3.05, 3.63) is 17.7 Å². The van der Waals surface area contributed by atoms with Gasteiger partial charge in [0.1, 0.15) is 17.2 Å². The molecule has 2 rings (SSSR count). The summed E-state index contributed by atoms with van der Waals surface area (Å²) in [5, 5.41) is 0. The predicted octanol–water partition coefficient (Wildman–Crippen LogP) is 2.16. The average molecular weight is 251 g/mol. The lowest BCUT2D eigenvalue weighted by Gasteiger charge is -2.15. The number of methoxy groups -OCH3 is 3. The first-order valence-electron chi connectivity index (χ1n) is 6.17. The molecule has 0 radical (unpaired) electrons. The van der Waals surface area contributed by atoms with Gasteiger partial charge in [0.2, 0.25) is 0 Å². The molecule has 1 saturated carbocycles. The van der Waals surface area contributed by atoms with Crippen LogP contribution in [0.2, 0.25) is 0 Å². The zero-order valence-corrected chi connectivity index (χ0v) is 11.4. The highest BCUT2D eigenvalue weighted by Gasteiger charge is 2.44. The van der Waals surface area contributed by atoms with Crippen molar-refractivity contribution in [2.45, 2.75) is 25.3 Å². The minimum atomic E-state index is 0.200. The van der Waals surface area contributed by atoms with Gasteiger partial charge in [0, 0.05) is 23.7 Å². The summed E-state index contributed by atoms with van der Waals surface area (Å²) in [6.45, 7) is 2.05. The maximum atomic E-state index is 5.96. The lowest BCUT2D eigenvalue weighted by atomic mass is 10.0. The second kappa shape index (κ2) is 5.06. The lowest BCUT2D eigenvalue weighted by Crippen LogP contribution is -2.18. The van der Waals surface area contributed by atoms with Crippen molar-refractivity contribution in [2.75, 3.05) is 21.3 Å². The van der Waals surface area contributed by atoms with Crippen LogP contribution in [0.5, 0.6) is 17.2 Å². The second-order valence-electron chi connectivity index (χ2n) is 4.81. The Hall–Kier alpha value is -1.42. The van der Waals surface area contributed by atoms with E-state index in [1.807, 2.05) is 19.1 Å². The number of rotatable bonds is 5. The maximum absolute atomic E-state index is 5.96. The summed E-state index contributed by atoms with van der Waals surface area (Å²) in [5.74, 6) is 3.33. The molecule has 100 valence electrons. The monoisotopic (exact) mass is 251 g/mol. The third-order valence-electron chi connectivity index (χ3n) is 3.64. The van der Waals surface area contributed by atoms with Crippen LogP contribution in [0.25, 0.3) is 0 Å². The third-order valence-corrected chi connectivity index (χ3v) is 3.64. The van der Waals surface area contributed by atoms with Crippen LogP contribution in [-0.2, 0) is 0 Å². The minimum Gasteiger partial charge on any atom is -0.496 e. The van der Waals surface area contributed by atoms with E-state index in [-0.39, 0.29) is 6.04 Å². The SMILES string of the molecule is COc1cc(OC)c([C@@H]2C[C@H]2[C@H](C)N)c(OC)c1. The predicted molar refractivity (Wildman–Crippen MR) is 70.6 cm³/mol. The molecule has 4 heteroatoms. The molecule has 1 aromatic rings. The number of hydrogen-bond acceptors (Lipinski definition) is 4. The Bertz CT molecular complexity index is 406. The van der Waals surface area contributed by atoms with Crippen LogP contribution in [0.15, 0.2) is 12.1 Å². The van der Waals surface area contributed by atoms with E-state index in [1.165, 1.54) is 0 Å². The van der Waals surface area contributed by atoms with Gasteiger partial charge in [-0.15, -0.1) is 0 Å². The molecule has 18 heavy (non-hydrogen) atoms. The smallest absolute Gasteiger partial charge is 0.129 e. The van der Waals surface area contributed by atoms with Crippen LogP contribution in [0.4, 0.5) is 0 Å². The fourth-order valence-corrected chi connectivity index (χ4v) is 2.53. The number of ether oxygens (including phenoxy) is 3. The fraction of sp³-hybridized carbons (Fsp3) is 0.571. The van der Waals surface area contributed by atoms with Crippen LogP contribution in [-0.4, -0.2) is 27.4 Å². The number of hydrogen-bond donors (Lipinski definition) is 1. The Balaban J connectivity index is 2.39. The lowest BCUT2D eigenvalue weighted by molar-refractivity contribution is 0.367. The van der Waals surface area contributed by atoms with Crippen LogP contribution in [0.3, 0.4) is 0 Å². The van der Waals surface area contributed by atoms with Gasteiger partial charge in [-0.25, -0.2) is 0 Å². The summed E-state index contributed by atoms with van der Waals surface area (Å²) >= 11 is 0.